The van der Waals surface area contributed by atoms with Gasteiger partial charge in [0.2, 0.25) is 0 Å². The van der Waals surface area contributed by atoms with Gasteiger partial charge in [0.15, 0.2) is 0 Å². The van der Waals surface area contributed by atoms with E-state index in [2.05, 4.69) is 13.0 Å². The number of hydrogen-bond acceptors (Lipinski definition) is 2. The van der Waals surface area contributed by atoms with Gasteiger partial charge in [0.25, 0.3) is 0 Å². The molecule has 0 aromatic heterocycles. The lowest BCUT2D eigenvalue weighted by atomic mass is 9.79. The lowest BCUT2D eigenvalue weighted by molar-refractivity contribution is -0.158. The van der Waals surface area contributed by atoms with Gasteiger partial charge in [-0.05, 0) is 40.0 Å². The van der Waals surface area contributed by atoms with E-state index < -0.39 is 5.60 Å². The van der Waals surface area contributed by atoms with E-state index >= 15 is 0 Å². The number of rotatable bonds is 3. The van der Waals surface area contributed by atoms with E-state index in [1.165, 1.54) is 5.57 Å². The Hall–Kier alpha value is -0.500. The van der Waals surface area contributed by atoms with Crippen molar-refractivity contribution in [1.29, 1.82) is 0 Å². The summed E-state index contributed by atoms with van der Waals surface area (Å²) in [5, 5.41) is 0. The van der Waals surface area contributed by atoms with Gasteiger partial charge in [-0.2, -0.15) is 0 Å². The van der Waals surface area contributed by atoms with Gasteiger partial charge in [-0.25, -0.2) is 0 Å². The van der Waals surface area contributed by atoms with E-state index in [4.69, 9.17) is 16.3 Å². The highest BCUT2D eigenvalue weighted by atomic mass is 35.5. The van der Waals surface area contributed by atoms with Crippen molar-refractivity contribution in [2.24, 2.45) is 5.92 Å². The molecule has 1 aliphatic carbocycles. The SMILES string of the molecule is CC1=CCC(C(C)(C)OC(=O)CCl)CC1. The Morgan fingerprint density at radius 1 is 1.67 bits per heavy atom. The van der Waals surface area contributed by atoms with E-state index in [0.29, 0.717) is 5.92 Å². The molecule has 0 fully saturated rings. The fourth-order valence-corrected chi connectivity index (χ4v) is 2.06. The second-order valence-electron chi connectivity index (χ2n) is 4.73. The summed E-state index contributed by atoms with van der Waals surface area (Å²) in [5.41, 5.74) is 1.04. The van der Waals surface area contributed by atoms with Crippen LogP contribution in [0.25, 0.3) is 0 Å². The maximum Gasteiger partial charge on any atom is 0.321 e. The van der Waals surface area contributed by atoms with Gasteiger partial charge in [0, 0.05) is 5.92 Å². The predicted octanol–water partition coefficient (Wildman–Crippen LogP) is 3.29. The molecule has 2 nitrogen and oxygen atoms in total. The lowest BCUT2D eigenvalue weighted by Crippen LogP contribution is -2.37. The summed E-state index contributed by atoms with van der Waals surface area (Å²) in [6.45, 7) is 6.08. The van der Waals surface area contributed by atoms with Crippen molar-refractivity contribution in [2.45, 2.75) is 45.6 Å². The Kier molecular flexibility index (Phi) is 4.21. The monoisotopic (exact) mass is 230 g/mol. The predicted molar refractivity (Wildman–Crippen MR) is 62.0 cm³/mol. The number of carbonyl (C=O) groups is 1. The fourth-order valence-electron chi connectivity index (χ4n) is 2.00. The second-order valence-corrected chi connectivity index (χ2v) is 5.00. The zero-order valence-electron chi connectivity index (χ0n) is 9.68. The molecule has 1 atom stereocenters. The van der Waals surface area contributed by atoms with Crippen molar-refractivity contribution >= 4 is 17.6 Å². The number of allylic oxidation sites excluding steroid dienone is 2. The average molecular weight is 231 g/mol. The largest absolute Gasteiger partial charge is 0.458 e. The van der Waals surface area contributed by atoms with Gasteiger partial charge in [-0.15, -0.1) is 11.6 Å². The van der Waals surface area contributed by atoms with Crippen molar-refractivity contribution in [3.63, 3.8) is 0 Å². The van der Waals surface area contributed by atoms with Crippen LogP contribution in [0.3, 0.4) is 0 Å². The Labute approximate surface area is 96.6 Å². The summed E-state index contributed by atoms with van der Waals surface area (Å²) in [6, 6.07) is 0. The highest BCUT2D eigenvalue weighted by molar-refractivity contribution is 6.26. The van der Waals surface area contributed by atoms with Crippen molar-refractivity contribution < 1.29 is 9.53 Å². The van der Waals surface area contributed by atoms with Gasteiger partial charge in [0.05, 0.1) is 0 Å². The number of alkyl halides is 1. The average Bonchev–Trinajstić information content (AvgIpc) is 2.17. The normalized spacial score (nSPS) is 22.1. The molecule has 86 valence electrons. The molecule has 15 heavy (non-hydrogen) atoms. The first kappa shape index (κ1) is 12.6. The molecule has 0 spiro atoms. The first-order valence-corrected chi connectivity index (χ1v) is 5.92. The summed E-state index contributed by atoms with van der Waals surface area (Å²) in [5.74, 6) is 0.0201. The minimum atomic E-state index is -0.400. The summed E-state index contributed by atoms with van der Waals surface area (Å²) in [4.78, 5) is 11.2. The molecule has 0 radical (unpaired) electrons. The third-order valence-electron chi connectivity index (χ3n) is 3.11. The van der Waals surface area contributed by atoms with Crippen LogP contribution in [0.4, 0.5) is 0 Å². The highest BCUT2D eigenvalue weighted by Gasteiger charge is 2.33. The van der Waals surface area contributed by atoms with Crippen molar-refractivity contribution in [1.82, 2.24) is 0 Å². The number of ether oxygens (including phenoxy) is 1. The van der Waals surface area contributed by atoms with Crippen LogP contribution in [0.1, 0.15) is 40.0 Å². The van der Waals surface area contributed by atoms with Crippen LogP contribution >= 0.6 is 11.6 Å². The van der Waals surface area contributed by atoms with E-state index in [1.54, 1.807) is 0 Å². The zero-order valence-corrected chi connectivity index (χ0v) is 10.4. The van der Waals surface area contributed by atoms with Gasteiger partial charge in [0.1, 0.15) is 11.5 Å². The number of halogens is 1. The summed E-state index contributed by atoms with van der Waals surface area (Å²) < 4.78 is 5.36. The molecule has 0 aliphatic heterocycles. The minimum Gasteiger partial charge on any atom is -0.458 e. The highest BCUT2D eigenvalue weighted by Crippen LogP contribution is 2.34. The summed E-state index contributed by atoms with van der Waals surface area (Å²) >= 11 is 5.43. The topological polar surface area (TPSA) is 26.3 Å². The van der Waals surface area contributed by atoms with Crippen LogP contribution in [0.2, 0.25) is 0 Å². The van der Waals surface area contributed by atoms with E-state index in [9.17, 15) is 4.79 Å². The molecule has 0 saturated carbocycles. The molecular formula is C12H19ClO2. The first-order valence-electron chi connectivity index (χ1n) is 5.39. The van der Waals surface area contributed by atoms with E-state index in [-0.39, 0.29) is 11.8 Å². The molecule has 0 aromatic carbocycles. The zero-order chi connectivity index (χ0) is 11.5. The third kappa shape index (κ3) is 3.53. The van der Waals surface area contributed by atoms with Crippen molar-refractivity contribution in [2.75, 3.05) is 5.88 Å². The molecule has 1 rings (SSSR count). The molecule has 0 amide bonds. The minimum absolute atomic E-state index is 0.0645. The summed E-state index contributed by atoms with van der Waals surface area (Å²) in [6.07, 6.45) is 5.43. The van der Waals surface area contributed by atoms with Crippen molar-refractivity contribution in [3.05, 3.63) is 11.6 Å². The van der Waals surface area contributed by atoms with E-state index in [1.807, 2.05) is 13.8 Å². The molecule has 0 N–H and O–H groups in total. The number of esters is 1. The van der Waals surface area contributed by atoms with Crippen LogP contribution in [0, 0.1) is 5.92 Å². The Morgan fingerprint density at radius 2 is 2.33 bits per heavy atom. The van der Waals surface area contributed by atoms with Gasteiger partial charge in [-0.3, -0.25) is 4.79 Å². The Balaban J connectivity index is 2.58. The van der Waals surface area contributed by atoms with Crippen LogP contribution in [0.15, 0.2) is 11.6 Å². The lowest BCUT2D eigenvalue weighted by Gasteiger charge is -2.35. The fraction of sp³-hybridized carbons (Fsp3) is 0.750. The molecule has 3 heteroatoms. The molecule has 1 unspecified atom stereocenters. The molecule has 1 aliphatic rings. The maximum absolute atomic E-state index is 11.2. The first-order chi connectivity index (χ1) is 6.95. The number of carbonyl (C=O) groups excluding carboxylic acids is 1. The second kappa shape index (κ2) is 5.02. The Bertz CT molecular complexity index is 269. The van der Waals surface area contributed by atoms with Crippen LogP contribution < -0.4 is 0 Å². The number of hydrogen-bond donors (Lipinski definition) is 0. The van der Waals surface area contributed by atoms with Gasteiger partial charge >= 0.3 is 5.97 Å². The molecule has 0 bridgehead atoms. The standard InChI is InChI=1S/C12H19ClO2/c1-9-4-6-10(7-5-9)12(2,3)15-11(14)8-13/h4,10H,5-8H2,1-3H3. The third-order valence-corrected chi connectivity index (χ3v) is 3.33. The summed E-state index contributed by atoms with van der Waals surface area (Å²) in [7, 11) is 0. The van der Waals surface area contributed by atoms with Crippen LogP contribution in [-0.2, 0) is 9.53 Å². The maximum atomic E-state index is 11.2. The van der Waals surface area contributed by atoms with E-state index in [0.717, 1.165) is 19.3 Å². The van der Waals surface area contributed by atoms with Crippen LogP contribution in [0.5, 0.6) is 0 Å². The van der Waals surface area contributed by atoms with Crippen LogP contribution in [-0.4, -0.2) is 17.5 Å². The molecular weight excluding hydrogens is 212 g/mol. The van der Waals surface area contributed by atoms with Crippen molar-refractivity contribution in [3.8, 4) is 0 Å². The smallest absolute Gasteiger partial charge is 0.321 e. The van der Waals surface area contributed by atoms with Gasteiger partial charge < -0.3 is 4.74 Å². The Morgan fingerprint density at radius 3 is 2.80 bits per heavy atom. The molecule has 0 saturated heterocycles. The molecule has 0 heterocycles. The van der Waals surface area contributed by atoms with Gasteiger partial charge in [-0.1, -0.05) is 11.6 Å². The quantitative estimate of drug-likeness (QED) is 0.423. The molecule has 0 aromatic rings.